The van der Waals surface area contributed by atoms with Crippen molar-refractivity contribution >= 4 is 12.0 Å². The van der Waals surface area contributed by atoms with Crippen molar-refractivity contribution in [3.05, 3.63) is 60.2 Å². The highest BCUT2D eigenvalue weighted by atomic mass is 16.5. The van der Waals surface area contributed by atoms with Crippen molar-refractivity contribution in [1.82, 2.24) is 0 Å². The zero-order valence-electron chi connectivity index (χ0n) is 16.4. The van der Waals surface area contributed by atoms with Gasteiger partial charge in [0.05, 0.1) is 13.2 Å². The molecular formula is C24H30O3. The number of rotatable bonds is 11. The van der Waals surface area contributed by atoms with E-state index in [1.54, 1.807) is 13.0 Å². The Morgan fingerprint density at radius 3 is 2.11 bits per heavy atom. The number of unbranched alkanes of at least 4 members (excludes halogenated alkanes) is 4. The normalized spacial score (nSPS) is 10.9. The molecule has 0 heterocycles. The second-order valence-corrected chi connectivity index (χ2v) is 6.49. The molecular weight excluding hydrogens is 336 g/mol. The van der Waals surface area contributed by atoms with E-state index in [0.29, 0.717) is 6.61 Å². The van der Waals surface area contributed by atoms with Gasteiger partial charge in [-0.15, -0.1) is 0 Å². The number of carbonyl (C=O) groups excluding carboxylic acids is 1. The molecule has 0 fully saturated rings. The highest BCUT2D eigenvalue weighted by Gasteiger charge is 2.00. The van der Waals surface area contributed by atoms with Crippen LogP contribution < -0.4 is 4.74 Å². The molecule has 0 atom stereocenters. The minimum atomic E-state index is -0.317. The molecule has 0 aliphatic carbocycles. The number of carbonyl (C=O) groups is 1. The molecule has 0 amide bonds. The van der Waals surface area contributed by atoms with Crippen LogP contribution in [0.4, 0.5) is 0 Å². The van der Waals surface area contributed by atoms with Crippen LogP contribution in [0.25, 0.3) is 17.2 Å². The van der Waals surface area contributed by atoms with Crippen LogP contribution in [0.15, 0.2) is 54.6 Å². The lowest BCUT2D eigenvalue weighted by molar-refractivity contribution is -0.137. The number of ether oxygens (including phenoxy) is 2. The van der Waals surface area contributed by atoms with Crippen LogP contribution in [0.2, 0.25) is 0 Å². The molecule has 0 aromatic heterocycles. The summed E-state index contributed by atoms with van der Waals surface area (Å²) >= 11 is 0. The second-order valence-electron chi connectivity index (χ2n) is 6.49. The summed E-state index contributed by atoms with van der Waals surface area (Å²) < 4.78 is 10.7. The third kappa shape index (κ3) is 7.69. The molecule has 0 aliphatic rings. The molecule has 3 nitrogen and oxygen atoms in total. The fourth-order valence-electron chi connectivity index (χ4n) is 2.78. The van der Waals surface area contributed by atoms with Crippen molar-refractivity contribution in [1.29, 1.82) is 0 Å². The zero-order valence-corrected chi connectivity index (χ0v) is 16.4. The Labute approximate surface area is 163 Å². The molecule has 0 unspecified atom stereocenters. The monoisotopic (exact) mass is 366 g/mol. The predicted molar refractivity (Wildman–Crippen MR) is 112 cm³/mol. The van der Waals surface area contributed by atoms with Crippen molar-refractivity contribution in [2.24, 2.45) is 0 Å². The van der Waals surface area contributed by atoms with E-state index in [1.807, 2.05) is 24.3 Å². The molecule has 0 saturated carbocycles. The largest absolute Gasteiger partial charge is 0.494 e. The quantitative estimate of drug-likeness (QED) is 0.267. The van der Waals surface area contributed by atoms with Crippen molar-refractivity contribution in [3.63, 3.8) is 0 Å². The topological polar surface area (TPSA) is 35.5 Å². The fourth-order valence-corrected chi connectivity index (χ4v) is 2.78. The summed E-state index contributed by atoms with van der Waals surface area (Å²) in [5, 5.41) is 0. The van der Waals surface area contributed by atoms with Crippen LogP contribution in [0.3, 0.4) is 0 Å². The Balaban J connectivity index is 1.84. The van der Waals surface area contributed by atoms with E-state index in [1.165, 1.54) is 31.8 Å². The summed E-state index contributed by atoms with van der Waals surface area (Å²) in [7, 11) is 0. The van der Waals surface area contributed by atoms with E-state index in [9.17, 15) is 4.79 Å². The Hall–Kier alpha value is -2.55. The maximum Gasteiger partial charge on any atom is 0.330 e. The van der Waals surface area contributed by atoms with Gasteiger partial charge in [0.2, 0.25) is 0 Å². The SMILES string of the molecule is CCCCCCCOc1ccc(-c2ccc(/C=C/C(=O)OCC)cc2)cc1. The smallest absolute Gasteiger partial charge is 0.330 e. The zero-order chi connectivity index (χ0) is 19.3. The summed E-state index contributed by atoms with van der Waals surface area (Å²) in [6, 6.07) is 16.3. The minimum absolute atomic E-state index is 0.317. The van der Waals surface area contributed by atoms with Gasteiger partial charge in [0.25, 0.3) is 0 Å². The number of hydrogen-bond acceptors (Lipinski definition) is 3. The van der Waals surface area contributed by atoms with Gasteiger partial charge >= 0.3 is 5.97 Å². The Bertz CT molecular complexity index is 699. The van der Waals surface area contributed by atoms with Gasteiger partial charge in [-0.2, -0.15) is 0 Å². The standard InChI is InChI=1S/C24H30O3/c1-3-5-6-7-8-19-27-23-16-14-22(15-17-23)21-12-9-20(10-13-21)11-18-24(25)26-4-2/h9-18H,3-8,19H2,1-2H3/b18-11+. The van der Waals surface area contributed by atoms with Gasteiger partial charge in [0.15, 0.2) is 0 Å². The van der Waals surface area contributed by atoms with E-state index in [-0.39, 0.29) is 5.97 Å². The van der Waals surface area contributed by atoms with Gasteiger partial charge in [-0.3, -0.25) is 0 Å². The summed E-state index contributed by atoms with van der Waals surface area (Å²) in [6.07, 6.45) is 9.44. The first-order valence-electron chi connectivity index (χ1n) is 9.91. The van der Waals surface area contributed by atoms with Gasteiger partial charge in [-0.25, -0.2) is 4.79 Å². The highest BCUT2D eigenvalue weighted by molar-refractivity contribution is 5.87. The molecule has 2 aromatic rings. The van der Waals surface area contributed by atoms with Crippen LogP contribution in [-0.4, -0.2) is 19.2 Å². The minimum Gasteiger partial charge on any atom is -0.494 e. The Kier molecular flexibility index (Phi) is 9.19. The van der Waals surface area contributed by atoms with Crippen LogP contribution in [0, 0.1) is 0 Å². The third-order valence-electron chi connectivity index (χ3n) is 4.31. The fraction of sp³-hybridized carbons (Fsp3) is 0.375. The summed E-state index contributed by atoms with van der Waals surface area (Å²) in [4.78, 5) is 11.4. The first-order chi connectivity index (χ1) is 13.2. The van der Waals surface area contributed by atoms with E-state index >= 15 is 0 Å². The van der Waals surface area contributed by atoms with Crippen molar-refractivity contribution in [2.75, 3.05) is 13.2 Å². The third-order valence-corrected chi connectivity index (χ3v) is 4.31. The molecule has 0 radical (unpaired) electrons. The van der Waals surface area contributed by atoms with Gasteiger partial charge in [0.1, 0.15) is 5.75 Å². The first kappa shape index (κ1) is 20.8. The molecule has 144 valence electrons. The number of esters is 1. The molecule has 27 heavy (non-hydrogen) atoms. The van der Waals surface area contributed by atoms with Crippen LogP contribution in [0.5, 0.6) is 5.75 Å². The van der Waals surface area contributed by atoms with Crippen LogP contribution >= 0.6 is 0 Å². The molecule has 0 bridgehead atoms. The van der Waals surface area contributed by atoms with Gasteiger partial charge in [-0.1, -0.05) is 69.0 Å². The second kappa shape index (κ2) is 11.9. The van der Waals surface area contributed by atoms with Crippen molar-refractivity contribution in [2.45, 2.75) is 46.0 Å². The highest BCUT2D eigenvalue weighted by Crippen LogP contribution is 2.23. The van der Waals surface area contributed by atoms with E-state index in [0.717, 1.165) is 35.5 Å². The summed E-state index contributed by atoms with van der Waals surface area (Å²) in [5.74, 6) is 0.603. The average molecular weight is 367 g/mol. The van der Waals surface area contributed by atoms with Crippen LogP contribution in [-0.2, 0) is 9.53 Å². The maximum absolute atomic E-state index is 11.4. The lowest BCUT2D eigenvalue weighted by Crippen LogP contribution is -1.98. The van der Waals surface area contributed by atoms with Gasteiger partial charge < -0.3 is 9.47 Å². The lowest BCUT2D eigenvalue weighted by atomic mass is 10.0. The predicted octanol–water partition coefficient (Wildman–Crippen LogP) is 6.28. The van der Waals surface area contributed by atoms with E-state index in [4.69, 9.17) is 9.47 Å². The summed E-state index contributed by atoms with van der Waals surface area (Å²) in [5.41, 5.74) is 3.25. The van der Waals surface area contributed by atoms with Crippen LogP contribution in [0.1, 0.15) is 51.5 Å². The lowest BCUT2D eigenvalue weighted by Gasteiger charge is -2.08. The molecule has 2 aromatic carbocycles. The Morgan fingerprint density at radius 2 is 1.48 bits per heavy atom. The molecule has 2 rings (SSSR count). The molecule has 0 N–H and O–H groups in total. The average Bonchev–Trinajstić information content (AvgIpc) is 2.70. The molecule has 0 spiro atoms. The number of hydrogen-bond donors (Lipinski definition) is 0. The molecule has 0 aliphatic heterocycles. The van der Waals surface area contributed by atoms with Crippen molar-refractivity contribution in [3.8, 4) is 16.9 Å². The summed E-state index contributed by atoms with van der Waals surface area (Å²) in [6.45, 7) is 5.20. The maximum atomic E-state index is 11.4. The van der Waals surface area contributed by atoms with Gasteiger partial charge in [-0.05, 0) is 48.2 Å². The first-order valence-corrected chi connectivity index (χ1v) is 9.91. The Morgan fingerprint density at radius 1 is 0.852 bits per heavy atom. The van der Waals surface area contributed by atoms with Gasteiger partial charge in [0, 0.05) is 6.08 Å². The van der Waals surface area contributed by atoms with E-state index < -0.39 is 0 Å². The molecule has 3 heteroatoms. The van der Waals surface area contributed by atoms with Crippen molar-refractivity contribution < 1.29 is 14.3 Å². The number of benzene rings is 2. The molecule has 0 saturated heterocycles. The van der Waals surface area contributed by atoms with E-state index in [2.05, 4.69) is 31.2 Å².